The molecule has 0 bridgehead atoms. The molecule has 0 aliphatic heterocycles. The van der Waals surface area contributed by atoms with Gasteiger partial charge in [-0.3, -0.25) is 14.5 Å². The van der Waals surface area contributed by atoms with E-state index in [2.05, 4.69) is 31.2 Å². The second-order valence-electron chi connectivity index (χ2n) is 6.78. The SMILES string of the molecule is CC(=O)N(CC(=O)Nc1ccc(C(C)(C)C)cc1)c1cc(C)on1. The number of anilines is 2. The number of aromatic nitrogens is 1. The summed E-state index contributed by atoms with van der Waals surface area (Å²) < 4.78 is 4.96. The normalized spacial score (nSPS) is 11.2. The molecule has 0 aliphatic rings. The summed E-state index contributed by atoms with van der Waals surface area (Å²) in [6, 6.07) is 9.30. The third-order valence-electron chi connectivity index (χ3n) is 3.61. The molecule has 2 rings (SSSR count). The van der Waals surface area contributed by atoms with Gasteiger partial charge in [-0.05, 0) is 30.0 Å². The third kappa shape index (κ3) is 4.44. The van der Waals surface area contributed by atoms with Crippen molar-refractivity contribution in [3.63, 3.8) is 0 Å². The predicted octanol–water partition coefficient (Wildman–Crippen LogP) is 3.27. The van der Waals surface area contributed by atoms with Gasteiger partial charge >= 0.3 is 0 Å². The molecule has 1 aromatic carbocycles. The van der Waals surface area contributed by atoms with Crippen molar-refractivity contribution in [1.82, 2.24) is 5.16 Å². The summed E-state index contributed by atoms with van der Waals surface area (Å²) in [4.78, 5) is 25.3. The van der Waals surface area contributed by atoms with Crippen LogP contribution in [0.2, 0.25) is 0 Å². The minimum Gasteiger partial charge on any atom is -0.360 e. The van der Waals surface area contributed by atoms with Crippen molar-refractivity contribution in [2.45, 2.75) is 40.0 Å². The van der Waals surface area contributed by atoms with Crippen molar-refractivity contribution in [3.8, 4) is 0 Å². The minimum atomic E-state index is -0.297. The van der Waals surface area contributed by atoms with Crippen LogP contribution in [0, 0.1) is 6.92 Å². The largest absolute Gasteiger partial charge is 0.360 e. The van der Waals surface area contributed by atoms with Crippen LogP contribution in [0.25, 0.3) is 0 Å². The number of carbonyl (C=O) groups is 2. The zero-order valence-corrected chi connectivity index (χ0v) is 14.7. The molecular weight excluding hydrogens is 306 g/mol. The Morgan fingerprint density at radius 1 is 1.21 bits per heavy atom. The summed E-state index contributed by atoms with van der Waals surface area (Å²) in [5.41, 5.74) is 1.93. The Hall–Kier alpha value is -2.63. The van der Waals surface area contributed by atoms with Crippen LogP contribution in [0.15, 0.2) is 34.9 Å². The zero-order chi connectivity index (χ0) is 17.9. The summed E-state index contributed by atoms with van der Waals surface area (Å²) in [6.07, 6.45) is 0. The first-order valence-electron chi connectivity index (χ1n) is 7.78. The molecule has 1 aromatic heterocycles. The fourth-order valence-corrected chi connectivity index (χ4v) is 2.23. The van der Waals surface area contributed by atoms with Crippen LogP contribution in [0.4, 0.5) is 11.5 Å². The first kappa shape index (κ1) is 17.7. The lowest BCUT2D eigenvalue weighted by molar-refractivity contribution is -0.120. The Morgan fingerprint density at radius 2 is 1.83 bits per heavy atom. The smallest absolute Gasteiger partial charge is 0.244 e. The molecule has 0 saturated heterocycles. The highest BCUT2D eigenvalue weighted by molar-refractivity contribution is 6.01. The van der Waals surface area contributed by atoms with Crippen molar-refractivity contribution in [2.75, 3.05) is 16.8 Å². The second kappa shape index (κ2) is 6.86. The van der Waals surface area contributed by atoms with Gasteiger partial charge in [0, 0.05) is 18.7 Å². The molecule has 0 unspecified atom stereocenters. The van der Waals surface area contributed by atoms with Crippen LogP contribution >= 0.6 is 0 Å². The Morgan fingerprint density at radius 3 is 2.29 bits per heavy atom. The second-order valence-corrected chi connectivity index (χ2v) is 6.78. The number of carbonyl (C=O) groups excluding carboxylic acids is 2. The van der Waals surface area contributed by atoms with Gasteiger partial charge in [0.05, 0.1) is 0 Å². The summed E-state index contributed by atoms with van der Waals surface area (Å²) in [7, 11) is 0. The molecule has 1 heterocycles. The molecule has 0 radical (unpaired) electrons. The van der Waals surface area contributed by atoms with E-state index in [1.165, 1.54) is 17.4 Å². The van der Waals surface area contributed by atoms with Gasteiger partial charge in [-0.1, -0.05) is 38.1 Å². The van der Waals surface area contributed by atoms with E-state index in [4.69, 9.17) is 4.52 Å². The van der Waals surface area contributed by atoms with E-state index in [-0.39, 0.29) is 23.8 Å². The molecular formula is C18H23N3O3. The number of nitrogens with one attached hydrogen (secondary N) is 1. The van der Waals surface area contributed by atoms with E-state index in [0.29, 0.717) is 17.3 Å². The monoisotopic (exact) mass is 329 g/mol. The number of benzene rings is 1. The predicted molar refractivity (Wildman–Crippen MR) is 93.0 cm³/mol. The fraction of sp³-hybridized carbons (Fsp3) is 0.389. The van der Waals surface area contributed by atoms with Crippen LogP contribution < -0.4 is 10.2 Å². The molecule has 0 saturated carbocycles. The molecule has 2 aromatic rings. The van der Waals surface area contributed by atoms with Crippen molar-refractivity contribution in [3.05, 3.63) is 41.7 Å². The number of nitrogens with zero attached hydrogens (tertiary/aromatic N) is 2. The van der Waals surface area contributed by atoms with E-state index in [0.717, 1.165) is 0 Å². The fourth-order valence-electron chi connectivity index (χ4n) is 2.23. The van der Waals surface area contributed by atoms with Gasteiger partial charge in [-0.25, -0.2) is 0 Å². The summed E-state index contributed by atoms with van der Waals surface area (Å²) in [6.45, 7) is 9.38. The minimum absolute atomic E-state index is 0.0543. The van der Waals surface area contributed by atoms with Crippen molar-refractivity contribution in [1.29, 1.82) is 0 Å². The molecule has 0 atom stereocenters. The Kier molecular flexibility index (Phi) is 5.07. The molecule has 0 aliphatic carbocycles. The maximum atomic E-state index is 12.2. The molecule has 0 spiro atoms. The summed E-state index contributed by atoms with van der Waals surface area (Å²) >= 11 is 0. The Bertz CT molecular complexity index is 727. The van der Waals surface area contributed by atoms with E-state index in [1.54, 1.807) is 13.0 Å². The van der Waals surface area contributed by atoms with Gasteiger partial charge in [-0.2, -0.15) is 0 Å². The summed E-state index contributed by atoms with van der Waals surface area (Å²) in [5, 5.41) is 6.58. The molecule has 1 N–H and O–H groups in total. The van der Waals surface area contributed by atoms with Crippen LogP contribution in [0.5, 0.6) is 0 Å². The maximum Gasteiger partial charge on any atom is 0.244 e. The average Bonchev–Trinajstić information content (AvgIpc) is 2.90. The van der Waals surface area contributed by atoms with Gasteiger partial charge in [0.1, 0.15) is 12.3 Å². The number of aryl methyl sites for hydroxylation is 1. The van der Waals surface area contributed by atoms with E-state index >= 15 is 0 Å². The topological polar surface area (TPSA) is 75.4 Å². The average molecular weight is 329 g/mol. The highest BCUT2D eigenvalue weighted by Gasteiger charge is 2.19. The van der Waals surface area contributed by atoms with Crippen LogP contribution in [-0.2, 0) is 15.0 Å². The lowest BCUT2D eigenvalue weighted by Crippen LogP contribution is -2.36. The van der Waals surface area contributed by atoms with Crippen molar-refractivity contribution < 1.29 is 14.1 Å². The molecule has 2 amide bonds. The van der Waals surface area contributed by atoms with E-state index < -0.39 is 0 Å². The van der Waals surface area contributed by atoms with E-state index in [1.807, 2.05) is 24.3 Å². The quantitative estimate of drug-likeness (QED) is 0.934. The molecule has 128 valence electrons. The van der Waals surface area contributed by atoms with Gasteiger partial charge < -0.3 is 9.84 Å². The van der Waals surface area contributed by atoms with Crippen LogP contribution in [0.1, 0.15) is 39.0 Å². The highest BCUT2D eigenvalue weighted by Crippen LogP contribution is 2.23. The molecule has 6 nitrogen and oxygen atoms in total. The highest BCUT2D eigenvalue weighted by atomic mass is 16.5. The molecule has 24 heavy (non-hydrogen) atoms. The van der Waals surface area contributed by atoms with Gasteiger partial charge in [0.15, 0.2) is 5.82 Å². The lowest BCUT2D eigenvalue weighted by Gasteiger charge is -2.20. The van der Waals surface area contributed by atoms with Gasteiger partial charge in [-0.15, -0.1) is 0 Å². The summed E-state index contributed by atoms with van der Waals surface area (Å²) in [5.74, 6) is 0.337. The molecule has 0 fully saturated rings. The van der Waals surface area contributed by atoms with E-state index in [9.17, 15) is 9.59 Å². The van der Waals surface area contributed by atoms with Crippen LogP contribution in [0.3, 0.4) is 0 Å². The van der Waals surface area contributed by atoms with Crippen molar-refractivity contribution in [2.24, 2.45) is 0 Å². The number of amides is 2. The molecule has 6 heteroatoms. The standard InChI is InChI=1S/C18H23N3O3/c1-12-10-16(20-24-12)21(13(2)22)11-17(23)19-15-8-6-14(7-9-15)18(3,4)5/h6-10H,11H2,1-5H3,(H,19,23). The van der Waals surface area contributed by atoms with Gasteiger partial charge in [0.2, 0.25) is 11.8 Å². The Labute approximate surface area is 141 Å². The van der Waals surface area contributed by atoms with Crippen molar-refractivity contribution >= 4 is 23.3 Å². The zero-order valence-electron chi connectivity index (χ0n) is 14.7. The van der Waals surface area contributed by atoms with Crippen LogP contribution in [-0.4, -0.2) is 23.5 Å². The first-order valence-corrected chi connectivity index (χ1v) is 7.78. The maximum absolute atomic E-state index is 12.2. The Balaban J connectivity index is 2.05. The third-order valence-corrected chi connectivity index (χ3v) is 3.61. The number of rotatable bonds is 4. The first-order chi connectivity index (χ1) is 11.2. The number of hydrogen-bond donors (Lipinski definition) is 1. The van der Waals surface area contributed by atoms with Gasteiger partial charge in [0.25, 0.3) is 0 Å². The number of hydrogen-bond acceptors (Lipinski definition) is 4. The lowest BCUT2D eigenvalue weighted by atomic mass is 9.87.